The SMILES string of the molecule is C[C@H](CC(=O)N[C@@H](C)c1ccc(F)c(F)c1)NC(=O)C1CCCC1. The van der Waals surface area contributed by atoms with E-state index in [1.807, 2.05) is 0 Å². The molecule has 132 valence electrons. The fraction of sp³-hybridized carbons (Fsp3) is 0.556. The second-order valence-electron chi connectivity index (χ2n) is 6.56. The highest BCUT2D eigenvalue weighted by Gasteiger charge is 2.24. The van der Waals surface area contributed by atoms with Crippen LogP contribution in [-0.4, -0.2) is 17.9 Å². The van der Waals surface area contributed by atoms with Crippen LogP contribution in [0.2, 0.25) is 0 Å². The lowest BCUT2D eigenvalue weighted by atomic mass is 10.1. The average Bonchev–Trinajstić information content (AvgIpc) is 3.03. The van der Waals surface area contributed by atoms with Gasteiger partial charge in [-0.3, -0.25) is 9.59 Å². The van der Waals surface area contributed by atoms with E-state index >= 15 is 0 Å². The number of nitrogens with one attached hydrogen (secondary N) is 2. The van der Waals surface area contributed by atoms with Crippen molar-refractivity contribution in [2.75, 3.05) is 0 Å². The fourth-order valence-electron chi connectivity index (χ4n) is 3.04. The third kappa shape index (κ3) is 5.01. The zero-order chi connectivity index (χ0) is 17.7. The first kappa shape index (κ1) is 18.4. The molecule has 0 aromatic heterocycles. The van der Waals surface area contributed by atoms with Crippen molar-refractivity contribution >= 4 is 11.8 Å². The van der Waals surface area contributed by atoms with Crippen LogP contribution in [0.1, 0.15) is 57.6 Å². The third-order valence-corrected chi connectivity index (χ3v) is 4.43. The molecule has 1 saturated carbocycles. The van der Waals surface area contributed by atoms with Crippen molar-refractivity contribution in [3.63, 3.8) is 0 Å². The van der Waals surface area contributed by atoms with Crippen molar-refractivity contribution in [2.24, 2.45) is 5.92 Å². The molecule has 0 saturated heterocycles. The predicted molar refractivity (Wildman–Crippen MR) is 87.1 cm³/mol. The highest BCUT2D eigenvalue weighted by molar-refractivity contribution is 5.81. The molecule has 2 amide bonds. The van der Waals surface area contributed by atoms with E-state index in [4.69, 9.17) is 0 Å². The van der Waals surface area contributed by atoms with Gasteiger partial charge in [-0.05, 0) is 44.4 Å². The Hall–Kier alpha value is -1.98. The van der Waals surface area contributed by atoms with E-state index in [0.29, 0.717) is 5.56 Å². The van der Waals surface area contributed by atoms with Crippen molar-refractivity contribution in [1.29, 1.82) is 0 Å². The number of carbonyl (C=O) groups excluding carboxylic acids is 2. The van der Waals surface area contributed by atoms with E-state index in [-0.39, 0.29) is 30.2 Å². The smallest absolute Gasteiger partial charge is 0.223 e. The molecule has 0 spiro atoms. The van der Waals surface area contributed by atoms with Gasteiger partial charge in [-0.2, -0.15) is 0 Å². The molecular formula is C18H24F2N2O2. The van der Waals surface area contributed by atoms with Crippen LogP contribution < -0.4 is 10.6 Å². The molecule has 1 aliphatic carbocycles. The van der Waals surface area contributed by atoms with Crippen LogP contribution in [0.15, 0.2) is 18.2 Å². The van der Waals surface area contributed by atoms with Crippen molar-refractivity contribution in [2.45, 2.75) is 58.0 Å². The van der Waals surface area contributed by atoms with Gasteiger partial charge in [0.05, 0.1) is 6.04 Å². The van der Waals surface area contributed by atoms with Gasteiger partial charge in [0.15, 0.2) is 11.6 Å². The lowest BCUT2D eigenvalue weighted by Crippen LogP contribution is -2.40. The van der Waals surface area contributed by atoms with E-state index in [9.17, 15) is 18.4 Å². The minimum Gasteiger partial charge on any atom is -0.353 e. The second-order valence-corrected chi connectivity index (χ2v) is 6.56. The number of amides is 2. The molecule has 1 aliphatic rings. The molecule has 0 heterocycles. The van der Waals surface area contributed by atoms with Gasteiger partial charge in [-0.1, -0.05) is 18.9 Å². The van der Waals surface area contributed by atoms with Crippen LogP contribution >= 0.6 is 0 Å². The first-order valence-corrected chi connectivity index (χ1v) is 8.41. The van der Waals surface area contributed by atoms with Gasteiger partial charge >= 0.3 is 0 Å². The maximum atomic E-state index is 13.2. The molecule has 2 atom stereocenters. The zero-order valence-corrected chi connectivity index (χ0v) is 14.1. The normalized spacial score (nSPS) is 17.3. The summed E-state index contributed by atoms with van der Waals surface area (Å²) in [5.41, 5.74) is 0.491. The Morgan fingerprint density at radius 1 is 1.12 bits per heavy atom. The molecule has 0 unspecified atom stereocenters. The van der Waals surface area contributed by atoms with Crippen LogP contribution in [0.4, 0.5) is 8.78 Å². The predicted octanol–water partition coefficient (Wildman–Crippen LogP) is 3.23. The average molecular weight is 338 g/mol. The molecule has 1 fully saturated rings. The van der Waals surface area contributed by atoms with Gasteiger partial charge in [0.1, 0.15) is 0 Å². The molecule has 0 aliphatic heterocycles. The summed E-state index contributed by atoms with van der Waals surface area (Å²) in [6.45, 7) is 3.49. The van der Waals surface area contributed by atoms with Crippen LogP contribution in [0.25, 0.3) is 0 Å². The number of benzene rings is 1. The molecule has 1 aromatic rings. The highest BCUT2D eigenvalue weighted by atomic mass is 19.2. The van der Waals surface area contributed by atoms with Gasteiger partial charge in [-0.25, -0.2) is 8.78 Å². The monoisotopic (exact) mass is 338 g/mol. The Morgan fingerprint density at radius 2 is 1.79 bits per heavy atom. The Balaban J connectivity index is 1.80. The Bertz CT molecular complexity index is 601. The van der Waals surface area contributed by atoms with Crippen LogP contribution in [0.5, 0.6) is 0 Å². The summed E-state index contributed by atoms with van der Waals surface area (Å²) in [5, 5.41) is 5.61. The van der Waals surface area contributed by atoms with Gasteiger partial charge < -0.3 is 10.6 Å². The van der Waals surface area contributed by atoms with Crippen molar-refractivity contribution in [1.82, 2.24) is 10.6 Å². The molecule has 0 bridgehead atoms. The van der Waals surface area contributed by atoms with Crippen molar-refractivity contribution < 1.29 is 18.4 Å². The fourth-order valence-corrected chi connectivity index (χ4v) is 3.04. The molecule has 24 heavy (non-hydrogen) atoms. The van der Waals surface area contributed by atoms with E-state index in [1.165, 1.54) is 6.07 Å². The Morgan fingerprint density at radius 3 is 2.42 bits per heavy atom. The molecule has 2 N–H and O–H groups in total. The Labute approximate surface area is 141 Å². The summed E-state index contributed by atoms with van der Waals surface area (Å²) in [6, 6.07) is 2.85. The number of hydrogen-bond acceptors (Lipinski definition) is 2. The summed E-state index contributed by atoms with van der Waals surface area (Å²) in [7, 11) is 0. The standard InChI is InChI=1S/C18H24F2N2O2/c1-11(21-18(24)13-5-3-4-6-13)9-17(23)22-12(2)14-7-8-15(19)16(20)10-14/h7-8,10-13H,3-6,9H2,1-2H3,(H,21,24)(H,22,23)/t11-,12+/m1/s1. The van der Waals surface area contributed by atoms with Crippen LogP contribution in [-0.2, 0) is 9.59 Å². The largest absolute Gasteiger partial charge is 0.353 e. The number of rotatable bonds is 6. The maximum Gasteiger partial charge on any atom is 0.223 e. The van der Waals surface area contributed by atoms with E-state index < -0.39 is 17.7 Å². The molecule has 6 heteroatoms. The summed E-state index contributed by atoms with van der Waals surface area (Å²) < 4.78 is 26.2. The first-order chi connectivity index (χ1) is 11.4. The topological polar surface area (TPSA) is 58.2 Å². The molecule has 4 nitrogen and oxygen atoms in total. The summed E-state index contributed by atoms with van der Waals surface area (Å²) >= 11 is 0. The number of carbonyl (C=O) groups is 2. The van der Waals surface area contributed by atoms with E-state index in [0.717, 1.165) is 37.8 Å². The van der Waals surface area contributed by atoms with Gasteiger partial charge in [-0.15, -0.1) is 0 Å². The van der Waals surface area contributed by atoms with Crippen molar-refractivity contribution in [3.05, 3.63) is 35.4 Å². The van der Waals surface area contributed by atoms with Gasteiger partial charge in [0, 0.05) is 18.4 Å². The minimum atomic E-state index is -0.939. The van der Waals surface area contributed by atoms with Gasteiger partial charge in [0.25, 0.3) is 0 Å². The lowest BCUT2D eigenvalue weighted by Gasteiger charge is -2.19. The number of halogens is 2. The van der Waals surface area contributed by atoms with Crippen LogP contribution in [0, 0.1) is 17.6 Å². The summed E-state index contributed by atoms with van der Waals surface area (Å²) in [5.74, 6) is -2.02. The van der Waals surface area contributed by atoms with Gasteiger partial charge in [0.2, 0.25) is 11.8 Å². The quantitative estimate of drug-likeness (QED) is 0.837. The zero-order valence-electron chi connectivity index (χ0n) is 14.1. The minimum absolute atomic E-state index is 0.0152. The van der Waals surface area contributed by atoms with E-state index in [2.05, 4.69) is 10.6 Å². The summed E-state index contributed by atoms with van der Waals surface area (Å²) in [6.07, 6.45) is 4.14. The van der Waals surface area contributed by atoms with Crippen LogP contribution in [0.3, 0.4) is 0 Å². The van der Waals surface area contributed by atoms with Crippen molar-refractivity contribution in [3.8, 4) is 0 Å². The second kappa shape index (κ2) is 8.22. The molecular weight excluding hydrogens is 314 g/mol. The highest BCUT2D eigenvalue weighted by Crippen LogP contribution is 2.24. The number of hydrogen-bond donors (Lipinski definition) is 2. The first-order valence-electron chi connectivity index (χ1n) is 8.41. The molecule has 0 radical (unpaired) electrons. The summed E-state index contributed by atoms with van der Waals surface area (Å²) in [4.78, 5) is 24.1. The Kier molecular flexibility index (Phi) is 6.29. The lowest BCUT2D eigenvalue weighted by molar-refractivity contribution is -0.126. The maximum absolute atomic E-state index is 13.2. The third-order valence-electron chi connectivity index (χ3n) is 4.43. The molecule has 2 rings (SSSR count). The molecule has 1 aromatic carbocycles. The van der Waals surface area contributed by atoms with E-state index in [1.54, 1.807) is 13.8 Å².